The molecule has 0 fully saturated rings. The quantitative estimate of drug-likeness (QED) is 0.661. The van der Waals surface area contributed by atoms with Crippen molar-refractivity contribution in [2.75, 3.05) is 0 Å². The average molecular weight is 237 g/mol. The molecule has 5 nitrogen and oxygen atoms in total. The summed E-state index contributed by atoms with van der Waals surface area (Å²) >= 11 is 0. The van der Waals surface area contributed by atoms with Crippen LogP contribution in [0.15, 0.2) is 12.3 Å². The Kier molecular flexibility index (Phi) is 1.97. The molecule has 0 bridgehead atoms. The van der Waals surface area contributed by atoms with E-state index in [1.807, 2.05) is 0 Å². The van der Waals surface area contributed by atoms with Crippen LogP contribution in [0, 0.1) is 17.9 Å². The number of hydrogen-bond donors (Lipinski definition) is 0. The third-order valence-corrected chi connectivity index (χ3v) is 3.50. The van der Waals surface area contributed by atoms with Crippen LogP contribution in [-0.4, -0.2) is 14.6 Å². The molecule has 0 amide bonds. The van der Waals surface area contributed by atoms with Gasteiger partial charge < -0.3 is 4.85 Å². The molecule has 0 aromatic carbocycles. The minimum absolute atomic E-state index is 0.123. The number of rotatable bonds is 0. The molecular formula is C13H11N5. The van der Waals surface area contributed by atoms with E-state index < -0.39 is 0 Å². The van der Waals surface area contributed by atoms with E-state index in [9.17, 15) is 5.26 Å². The predicted molar refractivity (Wildman–Crippen MR) is 65.2 cm³/mol. The Bertz CT molecular complexity index is 726. The number of fused-ring (bicyclic) bond motifs is 3. The maximum absolute atomic E-state index is 9.21. The Labute approximate surface area is 105 Å². The smallest absolute Gasteiger partial charge is 0.298 e. The van der Waals surface area contributed by atoms with Gasteiger partial charge in [0.1, 0.15) is 0 Å². The van der Waals surface area contributed by atoms with Crippen LogP contribution < -0.4 is 0 Å². The van der Waals surface area contributed by atoms with Crippen LogP contribution in [0.5, 0.6) is 0 Å². The molecule has 88 valence electrons. The van der Waals surface area contributed by atoms with Crippen LogP contribution in [0.1, 0.15) is 37.4 Å². The molecule has 2 heterocycles. The number of nitriles is 1. The lowest BCUT2D eigenvalue weighted by molar-refractivity contribution is 0.485. The van der Waals surface area contributed by atoms with E-state index in [1.165, 1.54) is 0 Å². The Morgan fingerprint density at radius 3 is 3.06 bits per heavy atom. The van der Waals surface area contributed by atoms with Crippen molar-refractivity contribution in [1.82, 2.24) is 14.6 Å². The number of hydrogen-bond acceptors (Lipinski definition) is 3. The molecule has 1 atom stereocenters. The van der Waals surface area contributed by atoms with E-state index in [0.29, 0.717) is 11.5 Å². The summed E-state index contributed by atoms with van der Waals surface area (Å²) < 4.78 is 1.72. The highest BCUT2D eigenvalue weighted by Gasteiger charge is 2.40. The van der Waals surface area contributed by atoms with Gasteiger partial charge in [-0.2, -0.15) is 5.26 Å². The molecule has 3 rings (SSSR count). The van der Waals surface area contributed by atoms with Gasteiger partial charge in [-0.05, 0) is 11.5 Å². The lowest BCUT2D eigenvalue weighted by Gasteiger charge is -2.17. The van der Waals surface area contributed by atoms with Crippen molar-refractivity contribution < 1.29 is 0 Å². The maximum Gasteiger partial charge on any atom is 0.298 e. The molecular weight excluding hydrogens is 226 g/mol. The summed E-state index contributed by atoms with van der Waals surface area (Å²) in [4.78, 5) is 7.62. The molecule has 1 aliphatic carbocycles. The standard InChI is InChI=1S/C13H11N5/c1-13(2)5-8(6-14)9-7-16-11-4-10(15-3)17-18(11)12(9)13/h4,7-8H,5H2,1-2H3. The summed E-state index contributed by atoms with van der Waals surface area (Å²) in [5.41, 5.74) is 2.50. The second-order valence-corrected chi connectivity index (χ2v) is 5.22. The Balaban J connectivity index is 2.39. The molecule has 0 radical (unpaired) electrons. The van der Waals surface area contributed by atoms with Crippen molar-refractivity contribution in [2.24, 2.45) is 0 Å². The monoisotopic (exact) mass is 237 g/mol. The van der Waals surface area contributed by atoms with Crippen molar-refractivity contribution in [2.45, 2.75) is 31.6 Å². The maximum atomic E-state index is 9.21. The molecule has 2 aromatic rings. The van der Waals surface area contributed by atoms with Crippen LogP contribution in [0.25, 0.3) is 10.5 Å². The molecule has 2 aromatic heterocycles. The van der Waals surface area contributed by atoms with Gasteiger partial charge in [-0.25, -0.2) is 4.98 Å². The summed E-state index contributed by atoms with van der Waals surface area (Å²) in [6, 6.07) is 3.99. The molecule has 1 aliphatic rings. The van der Waals surface area contributed by atoms with Crippen LogP contribution in [0.4, 0.5) is 5.82 Å². The highest BCUT2D eigenvalue weighted by atomic mass is 15.3. The SMILES string of the molecule is [C-]#[N+]c1cc2ncc3c(n2n1)C(C)(C)CC3C#N. The topological polar surface area (TPSA) is 58.3 Å². The Morgan fingerprint density at radius 2 is 2.39 bits per heavy atom. The largest absolute Gasteiger partial charge is 0.359 e. The zero-order valence-electron chi connectivity index (χ0n) is 10.2. The van der Waals surface area contributed by atoms with Crippen molar-refractivity contribution in [3.8, 4) is 6.07 Å². The zero-order valence-corrected chi connectivity index (χ0v) is 10.2. The summed E-state index contributed by atoms with van der Waals surface area (Å²) in [6.45, 7) is 11.2. The summed E-state index contributed by atoms with van der Waals surface area (Å²) in [5.74, 6) is 0.208. The molecule has 18 heavy (non-hydrogen) atoms. The second-order valence-electron chi connectivity index (χ2n) is 5.22. The van der Waals surface area contributed by atoms with Crippen molar-refractivity contribution in [1.29, 1.82) is 5.26 Å². The molecule has 0 aliphatic heterocycles. The van der Waals surface area contributed by atoms with Gasteiger partial charge in [0.2, 0.25) is 0 Å². The van der Waals surface area contributed by atoms with Gasteiger partial charge in [0, 0.05) is 23.2 Å². The first kappa shape index (κ1) is 10.7. The normalized spacial score (nSPS) is 20.3. The predicted octanol–water partition coefficient (Wildman–Crippen LogP) is 2.57. The summed E-state index contributed by atoms with van der Waals surface area (Å²) in [5, 5.41) is 13.5. The highest BCUT2D eigenvalue weighted by Crippen LogP contribution is 2.45. The summed E-state index contributed by atoms with van der Waals surface area (Å²) in [7, 11) is 0. The number of aromatic nitrogens is 3. The van der Waals surface area contributed by atoms with Crippen LogP contribution in [-0.2, 0) is 5.41 Å². The zero-order chi connectivity index (χ0) is 12.9. The van der Waals surface area contributed by atoms with Gasteiger partial charge in [0.05, 0.1) is 17.7 Å². The lowest BCUT2D eigenvalue weighted by Crippen LogP contribution is -2.17. The van der Waals surface area contributed by atoms with Gasteiger partial charge >= 0.3 is 0 Å². The fourth-order valence-corrected chi connectivity index (χ4v) is 2.75. The van der Waals surface area contributed by atoms with E-state index in [1.54, 1.807) is 16.8 Å². The second kappa shape index (κ2) is 3.30. The fourth-order valence-electron chi connectivity index (χ4n) is 2.75. The fraction of sp³-hybridized carbons (Fsp3) is 0.385. The third-order valence-electron chi connectivity index (χ3n) is 3.50. The van der Waals surface area contributed by atoms with Gasteiger partial charge in [-0.15, -0.1) is 4.52 Å². The van der Waals surface area contributed by atoms with E-state index in [0.717, 1.165) is 17.7 Å². The Morgan fingerprint density at radius 1 is 1.61 bits per heavy atom. The molecule has 0 saturated carbocycles. The minimum atomic E-state index is -0.132. The number of nitrogens with zero attached hydrogens (tertiary/aromatic N) is 5. The average Bonchev–Trinajstić information content (AvgIpc) is 2.87. The van der Waals surface area contributed by atoms with E-state index in [4.69, 9.17) is 6.57 Å². The first-order chi connectivity index (χ1) is 8.56. The molecule has 0 saturated heterocycles. The van der Waals surface area contributed by atoms with Crippen LogP contribution >= 0.6 is 0 Å². The molecule has 1 unspecified atom stereocenters. The van der Waals surface area contributed by atoms with E-state index in [2.05, 4.69) is 34.8 Å². The first-order valence-corrected chi connectivity index (χ1v) is 5.73. The third kappa shape index (κ3) is 1.25. The van der Waals surface area contributed by atoms with Gasteiger partial charge in [-0.3, -0.25) is 0 Å². The highest BCUT2D eigenvalue weighted by molar-refractivity contribution is 5.55. The van der Waals surface area contributed by atoms with E-state index >= 15 is 0 Å². The van der Waals surface area contributed by atoms with Crippen molar-refractivity contribution in [3.05, 3.63) is 34.9 Å². The van der Waals surface area contributed by atoms with Gasteiger partial charge in [-0.1, -0.05) is 20.4 Å². The molecule has 5 heteroatoms. The minimum Gasteiger partial charge on any atom is -0.359 e. The lowest BCUT2D eigenvalue weighted by atomic mass is 9.89. The van der Waals surface area contributed by atoms with Gasteiger partial charge in [0.25, 0.3) is 5.82 Å². The van der Waals surface area contributed by atoms with Crippen molar-refractivity contribution >= 4 is 11.5 Å². The van der Waals surface area contributed by atoms with Crippen LogP contribution in [0.3, 0.4) is 0 Å². The van der Waals surface area contributed by atoms with Gasteiger partial charge in [0.15, 0.2) is 5.65 Å². The molecule has 0 spiro atoms. The van der Waals surface area contributed by atoms with E-state index in [-0.39, 0.29) is 11.3 Å². The van der Waals surface area contributed by atoms with Crippen molar-refractivity contribution in [3.63, 3.8) is 0 Å². The van der Waals surface area contributed by atoms with Crippen LogP contribution in [0.2, 0.25) is 0 Å². The molecule has 0 N–H and O–H groups in total. The Hall–Kier alpha value is -2.40. The summed E-state index contributed by atoms with van der Waals surface area (Å²) in [6.07, 6.45) is 2.52. The first-order valence-electron chi connectivity index (χ1n) is 5.73.